The fraction of sp³-hybridized carbons (Fsp3) is 0.357. The van der Waals surface area contributed by atoms with Crippen molar-refractivity contribution < 1.29 is 9.53 Å². The maximum atomic E-state index is 12.3. The highest BCUT2D eigenvalue weighted by Gasteiger charge is 2.17. The zero-order valence-electron chi connectivity index (χ0n) is 11.9. The zero-order valence-corrected chi connectivity index (χ0v) is 11.9. The minimum atomic E-state index is -0.550. The molecule has 0 saturated carbocycles. The molecule has 1 saturated heterocycles. The first-order valence-corrected chi connectivity index (χ1v) is 6.99. The van der Waals surface area contributed by atoms with E-state index in [1.54, 1.807) is 29.2 Å². The lowest BCUT2D eigenvalue weighted by atomic mass is 10.2. The highest BCUT2D eigenvalue weighted by Crippen LogP contribution is 2.02. The molecule has 3 rings (SSSR count). The zero-order chi connectivity index (χ0) is 15.5. The molecule has 0 atom stereocenters. The number of hydrogen-bond donors (Lipinski definition) is 2. The van der Waals surface area contributed by atoms with Crippen LogP contribution in [0.25, 0.3) is 10.9 Å². The van der Waals surface area contributed by atoms with E-state index >= 15 is 0 Å². The predicted molar refractivity (Wildman–Crippen MR) is 79.8 cm³/mol. The number of aromatic nitrogens is 2. The fourth-order valence-corrected chi connectivity index (χ4v) is 2.37. The van der Waals surface area contributed by atoms with Gasteiger partial charge in [0.1, 0.15) is 6.67 Å². The molecule has 0 radical (unpaired) electrons. The number of carbonyl (C=O) groups is 1. The second-order valence-corrected chi connectivity index (χ2v) is 4.95. The minimum absolute atomic E-state index is 0.171. The predicted octanol–water partition coefficient (Wildman–Crippen LogP) is -0.311. The molecular weight excluding hydrogens is 288 g/mol. The molecule has 22 heavy (non-hydrogen) atoms. The van der Waals surface area contributed by atoms with Crippen LogP contribution in [0.3, 0.4) is 0 Å². The quantitative estimate of drug-likeness (QED) is 0.795. The third kappa shape index (κ3) is 2.73. The van der Waals surface area contributed by atoms with Crippen LogP contribution in [0.4, 0.5) is 4.79 Å². The first kappa shape index (κ1) is 14.3. The Morgan fingerprint density at radius 1 is 1.23 bits per heavy atom. The van der Waals surface area contributed by atoms with Crippen molar-refractivity contribution in [3.05, 3.63) is 45.1 Å². The summed E-state index contributed by atoms with van der Waals surface area (Å²) < 4.78 is 6.14. The molecule has 2 N–H and O–H groups in total. The van der Waals surface area contributed by atoms with Gasteiger partial charge in [-0.25, -0.2) is 14.2 Å². The SMILES string of the molecule is O=C(NCn1c(=O)[nH]c2ccccc2c1=O)N1CCOCC1. The monoisotopic (exact) mass is 304 g/mol. The first-order chi connectivity index (χ1) is 10.7. The van der Waals surface area contributed by atoms with Gasteiger partial charge in [-0.1, -0.05) is 12.1 Å². The highest BCUT2D eigenvalue weighted by atomic mass is 16.5. The third-order valence-corrected chi connectivity index (χ3v) is 3.58. The summed E-state index contributed by atoms with van der Waals surface area (Å²) in [6, 6.07) is 6.44. The summed E-state index contributed by atoms with van der Waals surface area (Å²) in [6.45, 7) is 1.80. The summed E-state index contributed by atoms with van der Waals surface area (Å²) in [4.78, 5) is 40.5. The molecule has 1 aromatic carbocycles. The molecule has 2 amide bonds. The van der Waals surface area contributed by atoms with Gasteiger partial charge in [0.05, 0.1) is 24.1 Å². The Morgan fingerprint density at radius 3 is 2.73 bits per heavy atom. The lowest BCUT2D eigenvalue weighted by Gasteiger charge is -2.26. The number of hydrogen-bond acceptors (Lipinski definition) is 4. The number of H-pyrrole nitrogens is 1. The molecule has 1 aliphatic heterocycles. The number of ether oxygens (including phenoxy) is 1. The average Bonchev–Trinajstić information content (AvgIpc) is 2.55. The first-order valence-electron chi connectivity index (χ1n) is 6.99. The van der Waals surface area contributed by atoms with Crippen molar-refractivity contribution in [3.8, 4) is 0 Å². The Balaban J connectivity index is 1.80. The van der Waals surface area contributed by atoms with Crippen LogP contribution in [0, 0.1) is 0 Å². The number of nitrogens with zero attached hydrogens (tertiary/aromatic N) is 2. The van der Waals surface area contributed by atoms with E-state index in [-0.39, 0.29) is 12.7 Å². The standard InChI is InChI=1S/C14H16N4O4/c19-12-10-3-1-2-4-11(10)16-14(21)18(12)9-15-13(20)17-5-7-22-8-6-17/h1-4H,5-9H2,(H,15,20)(H,16,21). The van der Waals surface area contributed by atoms with E-state index in [1.807, 2.05) is 0 Å². The van der Waals surface area contributed by atoms with Gasteiger partial charge in [-0.15, -0.1) is 0 Å². The number of morpholine rings is 1. The number of fused-ring (bicyclic) bond motifs is 1. The van der Waals surface area contributed by atoms with E-state index in [1.165, 1.54) is 0 Å². The molecule has 8 heteroatoms. The lowest BCUT2D eigenvalue weighted by Crippen LogP contribution is -2.49. The van der Waals surface area contributed by atoms with Crippen LogP contribution in [0.5, 0.6) is 0 Å². The van der Waals surface area contributed by atoms with Crippen molar-refractivity contribution in [1.82, 2.24) is 19.8 Å². The molecule has 2 aromatic rings. The van der Waals surface area contributed by atoms with E-state index in [4.69, 9.17) is 4.74 Å². The summed E-state index contributed by atoms with van der Waals surface area (Å²) in [6.07, 6.45) is 0. The van der Waals surface area contributed by atoms with Gasteiger partial charge in [0.15, 0.2) is 0 Å². The topological polar surface area (TPSA) is 96.4 Å². The van der Waals surface area contributed by atoms with E-state index in [0.29, 0.717) is 37.2 Å². The normalized spacial score (nSPS) is 15.0. The summed E-state index contributed by atoms with van der Waals surface area (Å²) >= 11 is 0. The van der Waals surface area contributed by atoms with Crippen molar-refractivity contribution in [1.29, 1.82) is 0 Å². The number of carbonyl (C=O) groups excluding carboxylic acids is 1. The number of aromatic amines is 1. The Morgan fingerprint density at radius 2 is 1.95 bits per heavy atom. The van der Waals surface area contributed by atoms with Crippen molar-refractivity contribution >= 4 is 16.9 Å². The van der Waals surface area contributed by atoms with Crippen LogP contribution in [0.15, 0.2) is 33.9 Å². The number of amides is 2. The Hall–Kier alpha value is -2.61. The van der Waals surface area contributed by atoms with Gasteiger partial charge in [0, 0.05) is 13.1 Å². The van der Waals surface area contributed by atoms with Crippen LogP contribution in [-0.4, -0.2) is 46.8 Å². The smallest absolute Gasteiger partial charge is 0.330 e. The van der Waals surface area contributed by atoms with E-state index in [2.05, 4.69) is 10.3 Å². The molecule has 0 bridgehead atoms. The van der Waals surface area contributed by atoms with Gasteiger partial charge in [-0.2, -0.15) is 0 Å². The average molecular weight is 304 g/mol. The molecule has 8 nitrogen and oxygen atoms in total. The molecule has 0 aliphatic carbocycles. The van der Waals surface area contributed by atoms with Gasteiger partial charge in [0.25, 0.3) is 5.56 Å². The van der Waals surface area contributed by atoms with Crippen LogP contribution in [-0.2, 0) is 11.4 Å². The lowest BCUT2D eigenvalue weighted by molar-refractivity contribution is 0.0527. The number of rotatable bonds is 2. The van der Waals surface area contributed by atoms with E-state index in [0.717, 1.165) is 4.57 Å². The maximum absolute atomic E-state index is 12.3. The minimum Gasteiger partial charge on any atom is -0.378 e. The molecule has 116 valence electrons. The molecule has 1 aromatic heterocycles. The molecule has 2 heterocycles. The summed E-state index contributed by atoms with van der Waals surface area (Å²) in [5.74, 6) is 0. The van der Waals surface area contributed by atoms with Gasteiger partial charge in [-0.3, -0.25) is 4.79 Å². The highest BCUT2D eigenvalue weighted by molar-refractivity contribution is 5.77. The molecule has 0 unspecified atom stereocenters. The van der Waals surface area contributed by atoms with Gasteiger partial charge in [-0.05, 0) is 12.1 Å². The summed E-state index contributed by atoms with van der Waals surface area (Å²) in [7, 11) is 0. The number of para-hydroxylation sites is 1. The second kappa shape index (κ2) is 6.02. The maximum Gasteiger partial charge on any atom is 0.330 e. The number of benzene rings is 1. The van der Waals surface area contributed by atoms with Crippen molar-refractivity contribution in [2.45, 2.75) is 6.67 Å². The van der Waals surface area contributed by atoms with Crippen molar-refractivity contribution in [2.75, 3.05) is 26.3 Å². The second-order valence-electron chi connectivity index (χ2n) is 4.95. The van der Waals surface area contributed by atoms with Gasteiger partial charge < -0.3 is 19.9 Å². The Bertz CT molecular complexity index is 804. The van der Waals surface area contributed by atoms with E-state index < -0.39 is 11.2 Å². The van der Waals surface area contributed by atoms with Crippen molar-refractivity contribution in [3.63, 3.8) is 0 Å². The number of nitrogens with one attached hydrogen (secondary N) is 2. The molecule has 1 aliphatic rings. The third-order valence-electron chi connectivity index (χ3n) is 3.58. The fourth-order valence-electron chi connectivity index (χ4n) is 2.37. The van der Waals surface area contributed by atoms with Crippen molar-refractivity contribution in [2.24, 2.45) is 0 Å². The molecule has 0 spiro atoms. The van der Waals surface area contributed by atoms with Crippen LogP contribution >= 0.6 is 0 Å². The summed E-state index contributed by atoms with van der Waals surface area (Å²) in [5, 5.41) is 2.99. The van der Waals surface area contributed by atoms with Crippen LogP contribution in [0.2, 0.25) is 0 Å². The number of urea groups is 1. The van der Waals surface area contributed by atoms with Crippen LogP contribution < -0.4 is 16.6 Å². The van der Waals surface area contributed by atoms with Gasteiger partial charge >= 0.3 is 11.7 Å². The molecular formula is C14H16N4O4. The summed E-state index contributed by atoms with van der Waals surface area (Å²) in [5.41, 5.74) is -0.499. The molecule has 1 fully saturated rings. The van der Waals surface area contributed by atoms with Gasteiger partial charge in [0.2, 0.25) is 0 Å². The Labute approximate surface area is 125 Å². The van der Waals surface area contributed by atoms with E-state index in [9.17, 15) is 14.4 Å². The Kier molecular flexibility index (Phi) is 3.92. The largest absolute Gasteiger partial charge is 0.378 e. The van der Waals surface area contributed by atoms with Crippen LogP contribution in [0.1, 0.15) is 0 Å².